The second-order valence-corrected chi connectivity index (χ2v) is 2.41. The number of hydrogen-bond donors (Lipinski definition) is 1. The number of halogens is 1. The molecule has 0 saturated heterocycles. The van der Waals surface area contributed by atoms with Gasteiger partial charge in [0.25, 0.3) is 0 Å². The van der Waals surface area contributed by atoms with Crippen molar-refractivity contribution in [1.82, 2.24) is 0 Å². The summed E-state index contributed by atoms with van der Waals surface area (Å²) in [6.45, 7) is -2.23. The van der Waals surface area contributed by atoms with Gasteiger partial charge >= 0.3 is 33.7 Å². The zero-order valence-corrected chi connectivity index (χ0v) is 4.14. The van der Waals surface area contributed by atoms with Gasteiger partial charge in [0.15, 0.2) is 0 Å². The standard InChI is InChI=1S/FHOP.Rh/c1-3-2;/h2H;/q-1;+1. The van der Waals surface area contributed by atoms with E-state index in [-0.39, 0.29) is 0 Å². The van der Waals surface area contributed by atoms with E-state index in [0.717, 1.165) is 0 Å². The van der Waals surface area contributed by atoms with Crippen LogP contribution < -0.4 is 0 Å². The number of hydrogen-bond acceptors (Lipinski definition) is 1. The van der Waals surface area contributed by atoms with Gasteiger partial charge in [-0.1, -0.05) is 0 Å². The van der Waals surface area contributed by atoms with Crippen molar-refractivity contribution in [2.24, 2.45) is 0 Å². The van der Waals surface area contributed by atoms with Crippen molar-refractivity contribution in [2.45, 2.75) is 0 Å². The molecule has 0 bridgehead atoms. The van der Waals surface area contributed by atoms with Crippen LogP contribution >= 0.6 is 6.79 Å². The Kier molecular flexibility index (Phi) is 2.72. The van der Waals surface area contributed by atoms with Crippen LogP contribution in [0.15, 0.2) is 0 Å². The minimum absolute atomic E-state index is 1.77. The van der Waals surface area contributed by atoms with E-state index in [0.29, 0.717) is 0 Å². The maximum atomic E-state index is 10.6. The average molecular weight is 170 g/mol. The molecule has 1 N–H and O–H groups in total. The predicted molar refractivity (Wildman–Crippen MR) is 10.2 cm³/mol. The molecule has 0 radical (unpaired) electrons. The normalized spacial score (nSPS) is 16.0. The molecule has 28 valence electrons. The van der Waals surface area contributed by atoms with Crippen LogP contribution in [0.25, 0.3) is 0 Å². The van der Waals surface area contributed by atoms with Crippen molar-refractivity contribution in [2.75, 3.05) is 0 Å². The van der Waals surface area contributed by atoms with Gasteiger partial charge in [0.2, 0.25) is 0 Å². The maximum absolute atomic E-state index is 10.6. The second kappa shape index (κ2) is 2.20. The molecule has 4 heavy (non-hydrogen) atoms. The van der Waals surface area contributed by atoms with E-state index in [1.54, 1.807) is 17.8 Å². The molecular formula is HFOPRh. The van der Waals surface area contributed by atoms with Gasteiger partial charge in [-0.05, 0) is 0 Å². The van der Waals surface area contributed by atoms with Gasteiger partial charge in [-0.2, -0.15) is 0 Å². The molecule has 4 heteroatoms. The summed E-state index contributed by atoms with van der Waals surface area (Å²) < 4.78 is 10.6. The Balaban J connectivity index is 2.32. The fraction of sp³-hybridized carbons (Fsp3) is 0. The van der Waals surface area contributed by atoms with Crippen LogP contribution in [0.1, 0.15) is 0 Å². The molecule has 0 aliphatic carbocycles. The molecule has 0 aromatic rings. The third kappa shape index (κ3) is 12.5. The predicted octanol–water partition coefficient (Wildman–Crippen LogP) is 0.722. The monoisotopic (exact) mass is 170 g/mol. The molecule has 0 aromatic heterocycles. The first-order valence-corrected chi connectivity index (χ1v) is 3.75. The van der Waals surface area contributed by atoms with E-state index in [2.05, 4.69) is 0 Å². The van der Waals surface area contributed by atoms with Crippen molar-refractivity contribution in [1.29, 1.82) is 0 Å². The summed E-state index contributed by atoms with van der Waals surface area (Å²) in [5.74, 6) is 0. The molecular weight excluding hydrogens is 169 g/mol. The zero-order chi connectivity index (χ0) is 3.58. The van der Waals surface area contributed by atoms with Gasteiger partial charge in [-0.15, -0.1) is 0 Å². The Morgan fingerprint density at radius 3 is 2.00 bits per heavy atom. The van der Waals surface area contributed by atoms with E-state index in [4.69, 9.17) is 4.89 Å². The van der Waals surface area contributed by atoms with Crippen molar-refractivity contribution < 1.29 is 26.9 Å². The van der Waals surface area contributed by atoms with Gasteiger partial charge in [0.1, 0.15) is 0 Å². The molecule has 0 spiro atoms. The minimum atomic E-state index is -2.23. The Morgan fingerprint density at radius 1 is 2.00 bits per heavy atom. The summed E-state index contributed by atoms with van der Waals surface area (Å²) in [6, 6.07) is 0. The van der Waals surface area contributed by atoms with E-state index in [1.807, 2.05) is 0 Å². The second-order valence-electron chi connectivity index (χ2n) is 0.199. The van der Waals surface area contributed by atoms with Crippen LogP contribution in [-0.2, 0) is 17.8 Å². The quantitative estimate of drug-likeness (QED) is 0.419. The van der Waals surface area contributed by atoms with Gasteiger partial charge in [0, 0.05) is 0 Å². The Morgan fingerprint density at radius 2 is 2.00 bits per heavy atom. The first-order valence-electron chi connectivity index (χ1n) is 0.518. The Bertz CT molecular complexity index is 12.8. The van der Waals surface area contributed by atoms with E-state index >= 15 is 0 Å². The van der Waals surface area contributed by atoms with Crippen LogP contribution in [0.4, 0.5) is 4.20 Å². The summed E-state index contributed by atoms with van der Waals surface area (Å²) in [5, 5.41) is 0. The van der Waals surface area contributed by atoms with Crippen molar-refractivity contribution in [3.05, 3.63) is 0 Å². The molecule has 0 aliphatic rings. The molecule has 0 aliphatic heterocycles. The summed E-state index contributed by atoms with van der Waals surface area (Å²) in [6.07, 6.45) is 0. The molecule has 0 aromatic carbocycles. The van der Waals surface area contributed by atoms with Crippen molar-refractivity contribution in [3.63, 3.8) is 0 Å². The van der Waals surface area contributed by atoms with Crippen LogP contribution in [0.5, 0.6) is 0 Å². The van der Waals surface area contributed by atoms with Gasteiger partial charge in [0.05, 0.1) is 0 Å². The van der Waals surface area contributed by atoms with Crippen LogP contribution in [0.2, 0.25) is 0 Å². The summed E-state index contributed by atoms with van der Waals surface area (Å²) in [4.78, 5) is 7.40. The van der Waals surface area contributed by atoms with Crippen molar-refractivity contribution >= 4 is 6.79 Å². The molecule has 1 unspecified atom stereocenters. The van der Waals surface area contributed by atoms with Crippen LogP contribution in [0.3, 0.4) is 0 Å². The Labute approximate surface area is 34.4 Å². The molecule has 0 saturated carbocycles. The molecule has 0 amide bonds. The van der Waals surface area contributed by atoms with E-state index in [9.17, 15) is 4.20 Å². The molecule has 0 rings (SSSR count). The fourth-order valence-corrected chi connectivity index (χ4v) is 0. The van der Waals surface area contributed by atoms with E-state index < -0.39 is 6.79 Å². The third-order valence-electron chi connectivity index (χ3n) is 0. The average Bonchev–Trinajstić information content (AvgIpc) is 0.811. The Hall–Kier alpha value is 0.943. The summed E-state index contributed by atoms with van der Waals surface area (Å²) >= 11 is 1.77. The van der Waals surface area contributed by atoms with Crippen LogP contribution in [-0.4, -0.2) is 4.89 Å². The molecule has 0 fully saturated rings. The molecule has 1 nitrogen and oxygen atoms in total. The zero-order valence-electron chi connectivity index (χ0n) is 1.61. The van der Waals surface area contributed by atoms with Gasteiger partial charge in [-0.3, -0.25) is 0 Å². The molecule has 1 atom stereocenters. The topological polar surface area (TPSA) is 20.2 Å². The summed E-state index contributed by atoms with van der Waals surface area (Å²) in [7, 11) is 0. The SMILES string of the molecule is O[P](F)[Rh]. The summed E-state index contributed by atoms with van der Waals surface area (Å²) in [5.41, 5.74) is 0. The third-order valence-corrected chi connectivity index (χ3v) is 0. The first kappa shape index (κ1) is 4.94. The number of rotatable bonds is 0. The van der Waals surface area contributed by atoms with Gasteiger partial charge in [-0.25, -0.2) is 0 Å². The van der Waals surface area contributed by atoms with Crippen molar-refractivity contribution in [3.8, 4) is 0 Å². The molecule has 0 heterocycles. The van der Waals surface area contributed by atoms with Gasteiger partial charge < -0.3 is 0 Å². The van der Waals surface area contributed by atoms with Crippen LogP contribution in [0, 0.1) is 0 Å². The van der Waals surface area contributed by atoms with E-state index in [1.165, 1.54) is 0 Å². The fourth-order valence-electron chi connectivity index (χ4n) is 0. The first-order chi connectivity index (χ1) is 1.73.